The summed E-state index contributed by atoms with van der Waals surface area (Å²) in [5.74, 6) is 0.224. The van der Waals surface area contributed by atoms with Gasteiger partial charge in [-0.1, -0.05) is 66.4 Å². The number of carbonyl (C=O) groups excluding carboxylic acids is 1. The summed E-state index contributed by atoms with van der Waals surface area (Å²) in [7, 11) is 0. The molecule has 0 atom stereocenters. The number of aryl methyl sites for hydroxylation is 1. The van der Waals surface area contributed by atoms with Crippen LogP contribution in [0.25, 0.3) is 22.3 Å². The number of fused-ring (bicyclic) bond motifs is 1. The van der Waals surface area contributed by atoms with Crippen LogP contribution in [-0.2, 0) is 24.2 Å². The fraction of sp³-hybridized carbons (Fsp3) is 0.154. The van der Waals surface area contributed by atoms with E-state index in [0.717, 1.165) is 21.7 Å². The van der Waals surface area contributed by atoms with Gasteiger partial charge >= 0.3 is 0 Å². The van der Waals surface area contributed by atoms with Crippen LogP contribution in [0.1, 0.15) is 10.6 Å². The lowest BCUT2D eigenvalue weighted by Gasteiger charge is -2.13. The van der Waals surface area contributed by atoms with Gasteiger partial charge in [0, 0.05) is 30.5 Å². The molecule has 7 nitrogen and oxygen atoms in total. The molecule has 0 N–H and O–H groups in total. The standard InChI is InChI=1S/C26H21N5O2S2/c32-21(16-22-27-12-14-34-22)17-35-26-30-24-23(28-10-11-29-24)25(33)31(26)13-9-18-5-4-8-20(15-18)19-6-2-1-3-7-19/h1-8,10-12,14-15H,9,13,16-17H2. The zero-order valence-electron chi connectivity index (χ0n) is 18.7. The highest BCUT2D eigenvalue weighted by Gasteiger charge is 2.16. The zero-order valence-corrected chi connectivity index (χ0v) is 20.3. The number of thiazole rings is 1. The quantitative estimate of drug-likeness (QED) is 0.218. The highest BCUT2D eigenvalue weighted by molar-refractivity contribution is 7.99. The lowest BCUT2D eigenvalue weighted by Crippen LogP contribution is -2.26. The smallest absolute Gasteiger partial charge is 0.282 e. The van der Waals surface area contributed by atoms with Crippen LogP contribution >= 0.6 is 23.1 Å². The molecule has 0 aliphatic carbocycles. The van der Waals surface area contributed by atoms with E-state index < -0.39 is 0 Å². The molecular formula is C26H21N5O2S2. The molecule has 0 aliphatic rings. The van der Waals surface area contributed by atoms with Crippen molar-refractivity contribution >= 4 is 40.0 Å². The fourth-order valence-electron chi connectivity index (χ4n) is 3.72. The maximum absolute atomic E-state index is 13.3. The Labute approximate surface area is 210 Å². The van der Waals surface area contributed by atoms with Gasteiger partial charge < -0.3 is 0 Å². The second kappa shape index (κ2) is 10.7. The van der Waals surface area contributed by atoms with Crippen LogP contribution < -0.4 is 5.56 Å². The van der Waals surface area contributed by atoms with Gasteiger partial charge in [-0.15, -0.1) is 11.3 Å². The molecule has 174 valence electrons. The Bertz CT molecular complexity index is 1520. The number of ketones is 1. The predicted molar refractivity (Wildman–Crippen MR) is 139 cm³/mol. The van der Waals surface area contributed by atoms with Gasteiger partial charge in [0.1, 0.15) is 5.78 Å². The molecule has 3 heterocycles. The Hall–Kier alpha value is -3.69. The van der Waals surface area contributed by atoms with E-state index in [2.05, 4.69) is 50.3 Å². The normalized spacial score (nSPS) is 11.1. The molecule has 2 aromatic carbocycles. The number of Topliss-reactive ketones (excluding diaryl/α,β-unsaturated/α-hetero) is 1. The molecule has 3 aromatic heterocycles. The third kappa shape index (κ3) is 5.52. The lowest BCUT2D eigenvalue weighted by molar-refractivity contribution is -0.116. The van der Waals surface area contributed by atoms with Crippen molar-refractivity contribution in [2.75, 3.05) is 5.75 Å². The van der Waals surface area contributed by atoms with Crippen LogP contribution in [0, 0.1) is 0 Å². The summed E-state index contributed by atoms with van der Waals surface area (Å²) >= 11 is 2.71. The number of hydrogen-bond acceptors (Lipinski definition) is 8. The van der Waals surface area contributed by atoms with Gasteiger partial charge in [-0.05, 0) is 23.1 Å². The maximum atomic E-state index is 13.3. The zero-order chi connectivity index (χ0) is 24.0. The largest absolute Gasteiger partial charge is 0.298 e. The SMILES string of the molecule is O=C(CSc1nc2nccnc2c(=O)n1CCc1cccc(-c2ccccc2)c1)Cc1nccs1. The van der Waals surface area contributed by atoms with E-state index in [1.54, 1.807) is 10.8 Å². The van der Waals surface area contributed by atoms with Crippen molar-refractivity contribution in [3.8, 4) is 11.1 Å². The number of thioether (sulfide) groups is 1. The van der Waals surface area contributed by atoms with Crippen LogP contribution in [0.4, 0.5) is 0 Å². The van der Waals surface area contributed by atoms with Crippen molar-refractivity contribution in [3.05, 3.63) is 99.5 Å². The van der Waals surface area contributed by atoms with Crippen LogP contribution in [0.2, 0.25) is 0 Å². The van der Waals surface area contributed by atoms with Crippen LogP contribution in [0.5, 0.6) is 0 Å². The van der Waals surface area contributed by atoms with Crippen molar-refractivity contribution in [3.63, 3.8) is 0 Å². The summed E-state index contributed by atoms with van der Waals surface area (Å²) in [4.78, 5) is 42.9. The molecule has 0 radical (unpaired) electrons. The van der Waals surface area contributed by atoms with Crippen molar-refractivity contribution in [2.45, 2.75) is 24.5 Å². The van der Waals surface area contributed by atoms with E-state index in [0.29, 0.717) is 18.1 Å². The van der Waals surface area contributed by atoms with Crippen LogP contribution in [0.15, 0.2) is 88.5 Å². The summed E-state index contributed by atoms with van der Waals surface area (Å²) in [6.07, 6.45) is 5.59. The van der Waals surface area contributed by atoms with Gasteiger partial charge in [0.05, 0.1) is 17.2 Å². The molecule has 9 heteroatoms. The van der Waals surface area contributed by atoms with E-state index >= 15 is 0 Å². The maximum Gasteiger partial charge on any atom is 0.282 e. The number of carbonyl (C=O) groups is 1. The molecule has 0 spiro atoms. The van der Waals surface area contributed by atoms with Crippen LogP contribution in [0.3, 0.4) is 0 Å². The summed E-state index contributed by atoms with van der Waals surface area (Å²) in [6.45, 7) is 0.416. The number of aromatic nitrogens is 5. The topological polar surface area (TPSA) is 90.6 Å². The highest BCUT2D eigenvalue weighted by atomic mass is 32.2. The first-order valence-corrected chi connectivity index (χ1v) is 12.9. The first-order valence-electron chi connectivity index (χ1n) is 11.1. The van der Waals surface area contributed by atoms with Gasteiger partial charge in [0.15, 0.2) is 16.3 Å². The minimum absolute atomic E-state index is 0.0283. The van der Waals surface area contributed by atoms with E-state index in [1.165, 1.54) is 35.5 Å². The van der Waals surface area contributed by atoms with Crippen molar-refractivity contribution in [2.24, 2.45) is 0 Å². The first-order chi connectivity index (χ1) is 17.2. The number of benzene rings is 2. The van der Waals surface area contributed by atoms with Crippen LogP contribution in [-0.4, -0.2) is 36.0 Å². The molecule has 0 amide bonds. The highest BCUT2D eigenvalue weighted by Crippen LogP contribution is 2.22. The van der Waals surface area contributed by atoms with Gasteiger partial charge in [-0.25, -0.2) is 19.9 Å². The van der Waals surface area contributed by atoms with Crippen molar-refractivity contribution in [1.29, 1.82) is 0 Å². The Morgan fingerprint density at radius 1 is 0.943 bits per heavy atom. The molecule has 0 saturated heterocycles. The van der Waals surface area contributed by atoms with E-state index in [1.807, 2.05) is 29.6 Å². The molecule has 35 heavy (non-hydrogen) atoms. The molecule has 0 bridgehead atoms. The Kier molecular flexibility index (Phi) is 7.06. The lowest BCUT2D eigenvalue weighted by atomic mass is 10.0. The minimum atomic E-state index is -0.253. The summed E-state index contributed by atoms with van der Waals surface area (Å²) in [6, 6.07) is 18.5. The second-order valence-corrected chi connectivity index (χ2v) is 9.75. The van der Waals surface area contributed by atoms with Gasteiger partial charge in [-0.2, -0.15) is 0 Å². The third-order valence-corrected chi connectivity index (χ3v) is 7.23. The first kappa shape index (κ1) is 23.1. The Morgan fingerprint density at radius 3 is 2.60 bits per heavy atom. The Morgan fingerprint density at radius 2 is 1.77 bits per heavy atom. The number of nitrogens with zero attached hydrogens (tertiary/aromatic N) is 5. The summed E-state index contributed by atoms with van der Waals surface area (Å²) in [5.41, 5.74) is 3.63. The number of rotatable bonds is 9. The molecule has 0 saturated carbocycles. The summed E-state index contributed by atoms with van der Waals surface area (Å²) in [5, 5.41) is 3.10. The van der Waals surface area contributed by atoms with Gasteiger partial charge in [0.25, 0.3) is 5.56 Å². The second-order valence-electron chi connectivity index (χ2n) is 7.83. The van der Waals surface area contributed by atoms with Gasteiger partial charge in [-0.3, -0.25) is 14.2 Å². The average Bonchev–Trinajstić information content (AvgIpc) is 3.41. The Balaban J connectivity index is 1.39. The molecule has 0 unspecified atom stereocenters. The average molecular weight is 500 g/mol. The molecule has 0 fully saturated rings. The van der Waals surface area contributed by atoms with E-state index in [4.69, 9.17) is 0 Å². The monoisotopic (exact) mass is 499 g/mol. The fourth-order valence-corrected chi connectivity index (χ4v) is 5.24. The molecule has 0 aliphatic heterocycles. The third-order valence-electron chi connectivity index (χ3n) is 5.41. The molecule has 5 rings (SSSR count). The predicted octanol–water partition coefficient (Wildman–Crippen LogP) is 4.46. The molecular weight excluding hydrogens is 478 g/mol. The minimum Gasteiger partial charge on any atom is -0.298 e. The van der Waals surface area contributed by atoms with Gasteiger partial charge in [0.2, 0.25) is 0 Å². The van der Waals surface area contributed by atoms with Crippen molar-refractivity contribution in [1.82, 2.24) is 24.5 Å². The van der Waals surface area contributed by atoms with E-state index in [9.17, 15) is 9.59 Å². The van der Waals surface area contributed by atoms with Crippen molar-refractivity contribution < 1.29 is 4.79 Å². The summed E-state index contributed by atoms with van der Waals surface area (Å²) < 4.78 is 1.60. The van der Waals surface area contributed by atoms with E-state index in [-0.39, 0.29) is 34.7 Å². The number of hydrogen-bond donors (Lipinski definition) is 0. The molecule has 5 aromatic rings.